The van der Waals surface area contributed by atoms with E-state index in [4.69, 9.17) is 11.6 Å². The molecule has 2 unspecified atom stereocenters. The zero-order chi connectivity index (χ0) is 15.7. The first-order valence-corrected chi connectivity index (χ1v) is 7.77. The summed E-state index contributed by atoms with van der Waals surface area (Å²) in [5.74, 6) is -1.35. The van der Waals surface area contributed by atoms with E-state index in [1.54, 1.807) is 6.07 Å². The third-order valence-corrected chi connectivity index (χ3v) is 4.80. The SMILES string of the molecule is N#CC(CS(=O)[O-])(C(=O)c1ccc(Cl)cc1)C1(C=O)CC1. The summed E-state index contributed by atoms with van der Waals surface area (Å²) in [7, 11) is 0. The van der Waals surface area contributed by atoms with Crippen LogP contribution in [-0.4, -0.2) is 26.6 Å². The van der Waals surface area contributed by atoms with Gasteiger partial charge in [-0.25, -0.2) is 0 Å². The fourth-order valence-corrected chi connectivity index (χ4v) is 3.40. The predicted octanol–water partition coefficient (Wildman–Crippen LogP) is 1.89. The molecular formula is C14H11ClNO4S-. The van der Waals surface area contributed by atoms with E-state index in [0.29, 0.717) is 24.2 Å². The second kappa shape index (κ2) is 5.68. The molecule has 0 saturated heterocycles. The van der Waals surface area contributed by atoms with Crippen molar-refractivity contribution in [1.29, 1.82) is 5.26 Å². The summed E-state index contributed by atoms with van der Waals surface area (Å²) in [4.78, 5) is 24.0. The Morgan fingerprint density at radius 2 is 2.05 bits per heavy atom. The van der Waals surface area contributed by atoms with Crippen molar-refractivity contribution in [3.05, 3.63) is 34.9 Å². The number of hydrogen-bond acceptors (Lipinski definition) is 5. The molecular weight excluding hydrogens is 314 g/mol. The van der Waals surface area contributed by atoms with E-state index in [-0.39, 0.29) is 5.56 Å². The highest BCUT2D eigenvalue weighted by Crippen LogP contribution is 2.58. The zero-order valence-electron chi connectivity index (χ0n) is 10.9. The first-order chi connectivity index (χ1) is 9.90. The summed E-state index contributed by atoms with van der Waals surface area (Å²) in [6.45, 7) is 0. The highest BCUT2D eigenvalue weighted by molar-refractivity contribution is 7.79. The molecule has 21 heavy (non-hydrogen) atoms. The van der Waals surface area contributed by atoms with Crippen LogP contribution in [-0.2, 0) is 15.9 Å². The molecule has 1 fully saturated rings. The minimum Gasteiger partial charge on any atom is -0.772 e. The fourth-order valence-electron chi connectivity index (χ4n) is 2.43. The van der Waals surface area contributed by atoms with Crippen molar-refractivity contribution in [2.24, 2.45) is 10.8 Å². The van der Waals surface area contributed by atoms with Crippen molar-refractivity contribution in [2.75, 3.05) is 5.75 Å². The molecule has 110 valence electrons. The van der Waals surface area contributed by atoms with Gasteiger partial charge in [0.25, 0.3) is 0 Å². The van der Waals surface area contributed by atoms with E-state index >= 15 is 0 Å². The molecule has 7 heteroatoms. The van der Waals surface area contributed by atoms with Gasteiger partial charge >= 0.3 is 0 Å². The fraction of sp³-hybridized carbons (Fsp3) is 0.357. The number of halogens is 1. The number of hydrogen-bond donors (Lipinski definition) is 0. The Hall–Kier alpha value is -1.55. The van der Waals surface area contributed by atoms with Gasteiger partial charge in [-0.3, -0.25) is 9.00 Å². The molecule has 0 aromatic heterocycles. The highest BCUT2D eigenvalue weighted by atomic mass is 35.5. The Kier molecular flexibility index (Phi) is 4.28. The van der Waals surface area contributed by atoms with Gasteiger partial charge in [-0.2, -0.15) is 5.26 Å². The standard InChI is InChI=1S/C14H12ClNO4S/c15-11-3-1-10(2-4-11)12(18)14(7-16,9-21(19)20)13(8-17)5-6-13/h1-4,8H,5-6,9H2,(H,19,20)/p-1. The first-order valence-electron chi connectivity index (χ1n) is 6.15. The van der Waals surface area contributed by atoms with Crippen molar-refractivity contribution >= 4 is 34.8 Å². The van der Waals surface area contributed by atoms with E-state index in [0.717, 1.165) is 0 Å². The predicted molar refractivity (Wildman–Crippen MR) is 75.3 cm³/mol. The highest BCUT2D eigenvalue weighted by Gasteiger charge is 2.64. The van der Waals surface area contributed by atoms with Gasteiger partial charge in [-0.1, -0.05) is 22.7 Å². The second-order valence-electron chi connectivity index (χ2n) is 5.08. The quantitative estimate of drug-likeness (QED) is 0.452. The summed E-state index contributed by atoms with van der Waals surface area (Å²) in [5, 5.41) is 9.90. The summed E-state index contributed by atoms with van der Waals surface area (Å²) in [6.07, 6.45) is 1.21. The molecule has 0 aliphatic heterocycles. The number of Topliss-reactive ketones (excluding diaryl/α,β-unsaturated/α-hetero) is 1. The van der Waals surface area contributed by atoms with Crippen LogP contribution < -0.4 is 0 Å². The van der Waals surface area contributed by atoms with Crippen molar-refractivity contribution in [1.82, 2.24) is 0 Å². The van der Waals surface area contributed by atoms with E-state index in [9.17, 15) is 23.6 Å². The molecule has 1 aliphatic rings. The summed E-state index contributed by atoms with van der Waals surface area (Å²) >= 11 is 3.13. The molecule has 0 radical (unpaired) electrons. The Morgan fingerprint density at radius 3 is 2.43 bits per heavy atom. The lowest BCUT2D eigenvalue weighted by Gasteiger charge is -2.31. The number of aldehydes is 1. The molecule has 1 saturated carbocycles. The second-order valence-corrected chi connectivity index (χ2v) is 6.41. The molecule has 1 aromatic rings. The molecule has 0 spiro atoms. The van der Waals surface area contributed by atoms with Crippen molar-refractivity contribution < 1.29 is 18.4 Å². The smallest absolute Gasteiger partial charge is 0.184 e. The Balaban J connectivity index is 2.52. The number of rotatable bonds is 6. The molecule has 0 amide bonds. The Bertz CT molecular complexity index is 648. The monoisotopic (exact) mass is 324 g/mol. The van der Waals surface area contributed by atoms with Crippen LogP contribution in [0.5, 0.6) is 0 Å². The van der Waals surface area contributed by atoms with Crippen LogP contribution in [0.1, 0.15) is 23.2 Å². The molecule has 2 atom stereocenters. The number of carbonyl (C=O) groups excluding carboxylic acids is 2. The maximum atomic E-state index is 12.7. The maximum Gasteiger partial charge on any atom is 0.184 e. The van der Waals surface area contributed by atoms with Crippen LogP contribution >= 0.6 is 11.6 Å². The lowest BCUT2D eigenvalue weighted by molar-refractivity contribution is -0.114. The van der Waals surface area contributed by atoms with Crippen LogP contribution in [0.25, 0.3) is 0 Å². The number of carbonyl (C=O) groups is 2. The van der Waals surface area contributed by atoms with E-state index in [1.807, 2.05) is 0 Å². The average Bonchev–Trinajstić information content (AvgIpc) is 3.26. The van der Waals surface area contributed by atoms with Gasteiger partial charge in [0, 0.05) is 16.3 Å². The molecule has 5 nitrogen and oxygen atoms in total. The summed E-state index contributed by atoms with van der Waals surface area (Å²) in [6, 6.07) is 7.61. The molecule has 1 aliphatic carbocycles. The van der Waals surface area contributed by atoms with Crippen LogP contribution in [0.3, 0.4) is 0 Å². The van der Waals surface area contributed by atoms with Gasteiger partial charge in [0.1, 0.15) is 11.7 Å². The van der Waals surface area contributed by atoms with Crippen LogP contribution in [0.15, 0.2) is 24.3 Å². The van der Waals surface area contributed by atoms with Crippen LogP contribution in [0, 0.1) is 22.2 Å². The van der Waals surface area contributed by atoms with E-state index < -0.39 is 33.4 Å². The molecule has 0 N–H and O–H groups in total. The van der Waals surface area contributed by atoms with Crippen molar-refractivity contribution in [2.45, 2.75) is 12.8 Å². The maximum absolute atomic E-state index is 12.7. The van der Waals surface area contributed by atoms with Gasteiger partial charge in [0.2, 0.25) is 0 Å². The average molecular weight is 325 g/mol. The van der Waals surface area contributed by atoms with Gasteiger partial charge in [0.15, 0.2) is 5.78 Å². The summed E-state index contributed by atoms with van der Waals surface area (Å²) < 4.78 is 22.2. The molecule has 1 aromatic carbocycles. The Morgan fingerprint density at radius 1 is 1.48 bits per heavy atom. The number of nitriles is 1. The first kappa shape index (κ1) is 15.8. The largest absolute Gasteiger partial charge is 0.772 e. The van der Waals surface area contributed by atoms with Crippen LogP contribution in [0.4, 0.5) is 0 Å². The number of benzene rings is 1. The number of nitrogens with zero attached hydrogens (tertiary/aromatic N) is 1. The van der Waals surface area contributed by atoms with E-state index in [1.165, 1.54) is 24.3 Å². The number of ketones is 1. The van der Waals surface area contributed by atoms with Crippen molar-refractivity contribution in [3.8, 4) is 6.07 Å². The van der Waals surface area contributed by atoms with Gasteiger partial charge in [0.05, 0.1) is 11.5 Å². The van der Waals surface area contributed by atoms with Gasteiger partial charge in [-0.05, 0) is 37.1 Å². The summed E-state index contributed by atoms with van der Waals surface area (Å²) in [5.41, 5.74) is -2.92. The Labute approximate surface area is 129 Å². The normalized spacial score (nSPS) is 19.9. The molecule has 2 rings (SSSR count). The lowest BCUT2D eigenvalue weighted by atomic mass is 9.70. The van der Waals surface area contributed by atoms with Gasteiger partial charge < -0.3 is 9.35 Å². The molecule has 0 bridgehead atoms. The lowest BCUT2D eigenvalue weighted by Crippen LogP contribution is -2.44. The zero-order valence-corrected chi connectivity index (χ0v) is 12.4. The minimum absolute atomic E-state index is 0.166. The van der Waals surface area contributed by atoms with Crippen LogP contribution in [0.2, 0.25) is 5.02 Å². The van der Waals surface area contributed by atoms with Crippen molar-refractivity contribution in [3.63, 3.8) is 0 Å². The third kappa shape index (κ3) is 2.64. The molecule has 0 heterocycles. The third-order valence-electron chi connectivity index (χ3n) is 3.88. The topological polar surface area (TPSA) is 98.1 Å². The van der Waals surface area contributed by atoms with E-state index in [2.05, 4.69) is 0 Å². The minimum atomic E-state index is -2.62. The van der Waals surface area contributed by atoms with Gasteiger partial charge in [-0.15, -0.1) is 0 Å².